The molecule has 0 aromatic carbocycles. The van der Waals surface area contributed by atoms with E-state index in [1.165, 1.54) is 11.8 Å². The summed E-state index contributed by atoms with van der Waals surface area (Å²) in [7, 11) is 0. The molecule has 0 fully saturated rings. The van der Waals surface area contributed by atoms with Crippen molar-refractivity contribution in [3.63, 3.8) is 0 Å². The summed E-state index contributed by atoms with van der Waals surface area (Å²) in [5.74, 6) is 0.295. The average molecular weight is 261 g/mol. The number of anilines is 1. The van der Waals surface area contributed by atoms with Gasteiger partial charge in [0.25, 0.3) is 0 Å². The lowest BCUT2D eigenvalue weighted by Gasteiger charge is -2.13. The first-order chi connectivity index (χ1) is 8.65. The minimum atomic E-state index is -0.458. The molecule has 0 aliphatic carbocycles. The number of amides is 1. The number of carbonyl (C=O) groups is 1. The van der Waals surface area contributed by atoms with Crippen LogP contribution in [0.2, 0.25) is 0 Å². The zero-order valence-electron chi connectivity index (χ0n) is 10.1. The maximum absolute atomic E-state index is 10.9. The van der Waals surface area contributed by atoms with Crippen molar-refractivity contribution in [1.82, 2.24) is 4.98 Å². The Kier molecular flexibility index (Phi) is 3.94. The summed E-state index contributed by atoms with van der Waals surface area (Å²) in [5.41, 5.74) is 6.89. The molecule has 0 spiro atoms. The van der Waals surface area contributed by atoms with Crippen LogP contribution in [0.3, 0.4) is 0 Å². The van der Waals surface area contributed by atoms with Gasteiger partial charge in [-0.3, -0.25) is 4.79 Å². The number of nitrogens with one attached hydrogen (secondary N) is 1. The van der Waals surface area contributed by atoms with E-state index in [4.69, 9.17) is 5.73 Å². The second-order valence-corrected chi connectivity index (χ2v) is 4.96. The Bertz CT molecular complexity index is 508. The number of pyridine rings is 1. The minimum absolute atomic E-state index is 0.284. The predicted molar refractivity (Wildman–Crippen MR) is 73.9 cm³/mol. The molecule has 94 valence electrons. The molecule has 2 aromatic heterocycles. The van der Waals surface area contributed by atoms with Crippen molar-refractivity contribution in [3.05, 3.63) is 46.3 Å². The van der Waals surface area contributed by atoms with Crippen molar-refractivity contribution >= 4 is 23.1 Å². The molecule has 0 aliphatic rings. The Morgan fingerprint density at radius 1 is 1.50 bits per heavy atom. The average Bonchev–Trinajstić information content (AvgIpc) is 2.82. The molecule has 1 amide bonds. The highest BCUT2D eigenvalue weighted by molar-refractivity contribution is 7.07. The van der Waals surface area contributed by atoms with E-state index in [1.54, 1.807) is 23.5 Å². The highest BCUT2D eigenvalue weighted by Crippen LogP contribution is 2.12. The number of rotatable bonds is 5. The van der Waals surface area contributed by atoms with Crippen LogP contribution < -0.4 is 11.1 Å². The van der Waals surface area contributed by atoms with Crippen LogP contribution >= 0.6 is 11.3 Å². The number of aromatic nitrogens is 1. The monoisotopic (exact) mass is 261 g/mol. The number of carbonyl (C=O) groups excluding carboxylic acids is 1. The Labute approximate surface area is 110 Å². The molecule has 2 rings (SSSR count). The van der Waals surface area contributed by atoms with Crippen LogP contribution in [0.5, 0.6) is 0 Å². The van der Waals surface area contributed by atoms with Crippen LogP contribution in [0.4, 0.5) is 5.82 Å². The summed E-state index contributed by atoms with van der Waals surface area (Å²) in [4.78, 5) is 15.1. The molecule has 18 heavy (non-hydrogen) atoms. The molecule has 0 radical (unpaired) electrons. The third-order valence-electron chi connectivity index (χ3n) is 2.56. The highest BCUT2D eigenvalue weighted by atomic mass is 32.1. The molecule has 5 heteroatoms. The van der Waals surface area contributed by atoms with Crippen molar-refractivity contribution in [2.45, 2.75) is 19.4 Å². The third-order valence-corrected chi connectivity index (χ3v) is 3.30. The molecule has 0 saturated heterocycles. The van der Waals surface area contributed by atoms with Gasteiger partial charge in [0, 0.05) is 12.2 Å². The van der Waals surface area contributed by atoms with Crippen molar-refractivity contribution in [3.8, 4) is 0 Å². The molecule has 1 atom stereocenters. The van der Waals surface area contributed by atoms with Gasteiger partial charge in [-0.25, -0.2) is 4.98 Å². The predicted octanol–water partition coefficient (Wildman–Crippen LogP) is 2.29. The van der Waals surface area contributed by atoms with E-state index in [9.17, 15) is 4.79 Å². The van der Waals surface area contributed by atoms with Gasteiger partial charge >= 0.3 is 0 Å². The SMILES string of the molecule is CC(Cc1ccsc1)Nc1ccc(C(N)=O)cn1. The van der Waals surface area contributed by atoms with Gasteiger partial charge in [-0.1, -0.05) is 0 Å². The smallest absolute Gasteiger partial charge is 0.250 e. The number of nitrogens with zero attached hydrogens (tertiary/aromatic N) is 1. The molecule has 1 unspecified atom stereocenters. The van der Waals surface area contributed by atoms with E-state index < -0.39 is 5.91 Å². The zero-order chi connectivity index (χ0) is 13.0. The fourth-order valence-electron chi connectivity index (χ4n) is 1.69. The van der Waals surface area contributed by atoms with Crippen molar-refractivity contribution in [1.29, 1.82) is 0 Å². The van der Waals surface area contributed by atoms with Gasteiger partial charge in [0.05, 0.1) is 5.56 Å². The lowest BCUT2D eigenvalue weighted by Crippen LogP contribution is -2.19. The molecule has 0 saturated carbocycles. The van der Waals surface area contributed by atoms with E-state index in [2.05, 4.69) is 34.1 Å². The Morgan fingerprint density at radius 3 is 2.89 bits per heavy atom. The van der Waals surface area contributed by atoms with Crippen molar-refractivity contribution in [2.24, 2.45) is 5.73 Å². The summed E-state index contributed by atoms with van der Waals surface area (Å²) in [6, 6.07) is 5.84. The first-order valence-electron chi connectivity index (χ1n) is 5.68. The second-order valence-electron chi connectivity index (χ2n) is 4.18. The highest BCUT2D eigenvalue weighted by Gasteiger charge is 2.06. The van der Waals surface area contributed by atoms with Crippen LogP contribution in [0.25, 0.3) is 0 Å². The molecule has 3 N–H and O–H groups in total. The largest absolute Gasteiger partial charge is 0.367 e. The quantitative estimate of drug-likeness (QED) is 0.867. The Balaban J connectivity index is 1.94. The summed E-state index contributed by atoms with van der Waals surface area (Å²) in [6.45, 7) is 2.10. The van der Waals surface area contributed by atoms with Crippen LogP contribution in [-0.4, -0.2) is 16.9 Å². The fraction of sp³-hybridized carbons (Fsp3) is 0.231. The summed E-state index contributed by atoms with van der Waals surface area (Å²) in [6.07, 6.45) is 2.44. The van der Waals surface area contributed by atoms with E-state index in [0.717, 1.165) is 12.2 Å². The number of primary amides is 1. The van der Waals surface area contributed by atoms with Gasteiger partial charge in [-0.2, -0.15) is 11.3 Å². The zero-order valence-corrected chi connectivity index (χ0v) is 10.9. The van der Waals surface area contributed by atoms with Crippen molar-refractivity contribution < 1.29 is 4.79 Å². The first kappa shape index (κ1) is 12.6. The van der Waals surface area contributed by atoms with Crippen LogP contribution in [0.1, 0.15) is 22.8 Å². The van der Waals surface area contributed by atoms with Gasteiger partial charge in [0.15, 0.2) is 0 Å². The van der Waals surface area contributed by atoms with Gasteiger partial charge in [-0.15, -0.1) is 0 Å². The molecular weight excluding hydrogens is 246 g/mol. The summed E-state index contributed by atoms with van der Waals surface area (Å²) < 4.78 is 0. The maximum Gasteiger partial charge on any atom is 0.250 e. The number of hydrogen-bond acceptors (Lipinski definition) is 4. The normalized spacial score (nSPS) is 12.1. The second kappa shape index (κ2) is 5.64. The lowest BCUT2D eigenvalue weighted by molar-refractivity contribution is 0.1000. The molecule has 2 aromatic rings. The Morgan fingerprint density at radius 2 is 2.33 bits per heavy atom. The van der Waals surface area contributed by atoms with E-state index >= 15 is 0 Å². The molecule has 0 bridgehead atoms. The van der Waals surface area contributed by atoms with E-state index in [1.807, 2.05) is 0 Å². The number of nitrogens with two attached hydrogens (primary N) is 1. The number of hydrogen-bond donors (Lipinski definition) is 2. The van der Waals surface area contributed by atoms with Crippen molar-refractivity contribution in [2.75, 3.05) is 5.32 Å². The Hall–Kier alpha value is -1.88. The summed E-state index contributed by atoms with van der Waals surface area (Å²) >= 11 is 1.70. The molecule has 4 nitrogen and oxygen atoms in total. The maximum atomic E-state index is 10.9. The van der Waals surface area contributed by atoms with E-state index in [0.29, 0.717) is 5.56 Å². The van der Waals surface area contributed by atoms with Crippen LogP contribution in [0, 0.1) is 0 Å². The van der Waals surface area contributed by atoms with Gasteiger partial charge in [0.2, 0.25) is 5.91 Å². The summed E-state index contributed by atoms with van der Waals surface area (Å²) in [5, 5.41) is 7.50. The standard InChI is InChI=1S/C13H15N3OS/c1-9(6-10-4-5-18-8-10)16-12-3-2-11(7-15-12)13(14)17/h2-5,7-9H,6H2,1H3,(H2,14,17)(H,15,16). The molecule has 0 aliphatic heterocycles. The van der Waals surface area contributed by atoms with Gasteiger partial charge < -0.3 is 11.1 Å². The van der Waals surface area contributed by atoms with Gasteiger partial charge in [0.1, 0.15) is 5.82 Å². The van der Waals surface area contributed by atoms with Gasteiger partial charge in [-0.05, 0) is 47.9 Å². The topological polar surface area (TPSA) is 68.0 Å². The van der Waals surface area contributed by atoms with E-state index in [-0.39, 0.29) is 6.04 Å². The third kappa shape index (κ3) is 3.30. The van der Waals surface area contributed by atoms with Crippen LogP contribution in [0.15, 0.2) is 35.2 Å². The molecular formula is C13H15N3OS. The molecule has 2 heterocycles. The fourth-order valence-corrected chi connectivity index (χ4v) is 2.37. The lowest BCUT2D eigenvalue weighted by atomic mass is 10.1. The minimum Gasteiger partial charge on any atom is -0.367 e. The van der Waals surface area contributed by atoms with Crippen LogP contribution in [-0.2, 0) is 6.42 Å². The first-order valence-corrected chi connectivity index (χ1v) is 6.63. The number of thiophene rings is 1.